The molecular formula is C32H40N6O5. The van der Waals surface area contributed by atoms with Crippen molar-refractivity contribution in [2.45, 2.75) is 69.5 Å². The average molecular weight is 589 g/mol. The normalized spacial score (nSPS) is 14.7. The maximum absolute atomic E-state index is 13.5. The van der Waals surface area contributed by atoms with Crippen molar-refractivity contribution in [1.29, 1.82) is 0 Å². The van der Waals surface area contributed by atoms with Crippen LogP contribution in [-0.2, 0) is 33.6 Å². The Morgan fingerprint density at radius 2 is 1.58 bits per heavy atom. The van der Waals surface area contributed by atoms with Crippen LogP contribution in [0.4, 0.5) is 0 Å². The Hall–Kier alpha value is -4.35. The summed E-state index contributed by atoms with van der Waals surface area (Å²) in [5, 5.41) is 18.6. The van der Waals surface area contributed by atoms with Gasteiger partial charge in [0.2, 0.25) is 11.8 Å². The summed E-state index contributed by atoms with van der Waals surface area (Å²) < 4.78 is 0. The van der Waals surface area contributed by atoms with Gasteiger partial charge in [0.1, 0.15) is 12.1 Å². The van der Waals surface area contributed by atoms with Crippen molar-refractivity contribution < 1.29 is 24.3 Å². The quantitative estimate of drug-likeness (QED) is 0.153. The Balaban J connectivity index is 1.48. The maximum Gasteiger partial charge on any atom is 0.328 e. The molecule has 0 fully saturated rings. The van der Waals surface area contributed by atoms with Crippen LogP contribution in [0.3, 0.4) is 0 Å². The number of fused-ring (bicyclic) bond motifs is 2. The highest BCUT2D eigenvalue weighted by atomic mass is 16.4. The SMILES string of the molecule is NCCCC[C@H](N)C(=O)N[C@@H](Cc1ccccc1)C(=O)N[C@@H](CNC(=O)c1c2c(nc3ccccc13)CCCC2)C(=O)O. The van der Waals surface area contributed by atoms with Crippen molar-refractivity contribution in [1.82, 2.24) is 20.9 Å². The first kappa shape index (κ1) is 31.6. The molecule has 0 radical (unpaired) electrons. The lowest BCUT2D eigenvalue weighted by atomic mass is 9.89. The van der Waals surface area contributed by atoms with E-state index in [0.717, 1.165) is 42.5 Å². The Morgan fingerprint density at radius 3 is 2.33 bits per heavy atom. The summed E-state index contributed by atoms with van der Waals surface area (Å²) in [6.45, 7) is 0.135. The number of nitrogens with one attached hydrogen (secondary N) is 3. The minimum absolute atomic E-state index is 0.127. The first-order valence-corrected chi connectivity index (χ1v) is 14.8. The third kappa shape index (κ3) is 8.36. The largest absolute Gasteiger partial charge is 0.480 e. The summed E-state index contributed by atoms with van der Waals surface area (Å²) in [4.78, 5) is 56.7. The van der Waals surface area contributed by atoms with Gasteiger partial charge in [-0.2, -0.15) is 0 Å². The third-order valence-corrected chi connectivity index (χ3v) is 7.70. The molecular weight excluding hydrogens is 548 g/mol. The number of aromatic nitrogens is 1. The molecule has 2 aromatic carbocycles. The summed E-state index contributed by atoms with van der Waals surface area (Å²) in [5.74, 6) is -2.95. The molecule has 3 atom stereocenters. The molecule has 4 rings (SSSR count). The number of unbranched alkanes of at least 4 members (excludes halogenated alkanes) is 1. The van der Waals surface area contributed by atoms with E-state index in [1.54, 1.807) is 0 Å². The molecule has 11 heteroatoms. The second kappa shape index (κ2) is 15.2. The van der Waals surface area contributed by atoms with Crippen LogP contribution in [0.25, 0.3) is 10.9 Å². The molecule has 0 saturated carbocycles. The second-order valence-electron chi connectivity index (χ2n) is 10.9. The van der Waals surface area contributed by atoms with E-state index in [9.17, 15) is 24.3 Å². The molecule has 3 amide bonds. The number of amides is 3. The van der Waals surface area contributed by atoms with Crippen molar-refractivity contribution in [3.05, 3.63) is 77.0 Å². The zero-order valence-corrected chi connectivity index (χ0v) is 24.2. The van der Waals surface area contributed by atoms with Gasteiger partial charge in [-0.25, -0.2) is 4.79 Å². The van der Waals surface area contributed by atoms with E-state index in [-0.39, 0.29) is 13.0 Å². The smallest absolute Gasteiger partial charge is 0.328 e. The van der Waals surface area contributed by atoms with Crippen LogP contribution >= 0.6 is 0 Å². The van der Waals surface area contributed by atoms with E-state index in [4.69, 9.17) is 16.5 Å². The highest BCUT2D eigenvalue weighted by Crippen LogP contribution is 2.29. The van der Waals surface area contributed by atoms with Crippen molar-refractivity contribution >= 4 is 34.6 Å². The second-order valence-corrected chi connectivity index (χ2v) is 10.9. The van der Waals surface area contributed by atoms with E-state index >= 15 is 0 Å². The Kier molecular flexibility index (Phi) is 11.2. The molecule has 0 aliphatic heterocycles. The lowest BCUT2D eigenvalue weighted by Crippen LogP contribution is -2.57. The summed E-state index contributed by atoms with van der Waals surface area (Å²) >= 11 is 0. The molecule has 0 bridgehead atoms. The van der Waals surface area contributed by atoms with E-state index in [1.165, 1.54) is 0 Å². The number of nitrogens with two attached hydrogens (primary N) is 2. The number of benzene rings is 2. The highest BCUT2D eigenvalue weighted by molar-refractivity contribution is 6.08. The number of para-hydroxylation sites is 1. The van der Waals surface area contributed by atoms with Gasteiger partial charge in [-0.3, -0.25) is 19.4 Å². The number of carbonyl (C=O) groups excluding carboxylic acids is 3. The predicted octanol–water partition coefficient (Wildman–Crippen LogP) is 1.60. The lowest BCUT2D eigenvalue weighted by molar-refractivity contribution is -0.142. The van der Waals surface area contributed by atoms with Gasteiger partial charge in [-0.1, -0.05) is 55.0 Å². The maximum atomic E-state index is 13.5. The van der Waals surface area contributed by atoms with Crippen LogP contribution in [0.15, 0.2) is 54.6 Å². The van der Waals surface area contributed by atoms with Crippen LogP contribution in [-0.4, -0.2) is 65.0 Å². The fourth-order valence-corrected chi connectivity index (χ4v) is 5.36. The number of aliphatic carboxylic acids is 1. The molecule has 11 nitrogen and oxygen atoms in total. The number of hydrogen-bond acceptors (Lipinski definition) is 7. The fourth-order valence-electron chi connectivity index (χ4n) is 5.36. The molecule has 3 aromatic rings. The molecule has 1 heterocycles. The Morgan fingerprint density at radius 1 is 0.884 bits per heavy atom. The van der Waals surface area contributed by atoms with E-state index < -0.39 is 41.8 Å². The number of pyridine rings is 1. The topological polar surface area (TPSA) is 190 Å². The number of hydrogen-bond donors (Lipinski definition) is 6. The standard InChI is InChI=1S/C32H40N6O5/c33-17-9-8-14-23(34)29(39)37-26(18-20-10-2-1-3-11-20)30(40)38-27(32(42)43)19-35-31(41)28-21-12-4-6-15-24(21)36-25-16-7-5-13-22(25)28/h1-4,6,10-12,15,23,26-27H,5,7-9,13-14,16-19,33-34H2,(H,35,41)(H,37,39)(H,38,40)(H,42,43)/t23-,26-,27-/m0/s1. The molecule has 0 unspecified atom stereocenters. The van der Waals surface area contributed by atoms with Gasteiger partial charge in [0.15, 0.2) is 0 Å². The minimum Gasteiger partial charge on any atom is -0.480 e. The van der Waals surface area contributed by atoms with Crippen LogP contribution in [0.1, 0.15) is 59.3 Å². The van der Waals surface area contributed by atoms with Crippen molar-refractivity contribution in [3.8, 4) is 0 Å². The lowest BCUT2D eigenvalue weighted by Gasteiger charge is -2.24. The molecule has 0 saturated heterocycles. The first-order valence-electron chi connectivity index (χ1n) is 14.8. The molecule has 1 aliphatic rings. The number of carbonyl (C=O) groups is 4. The molecule has 0 spiro atoms. The van der Waals surface area contributed by atoms with Crippen molar-refractivity contribution in [2.24, 2.45) is 11.5 Å². The molecule has 1 aliphatic carbocycles. The zero-order chi connectivity index (χ0) is 30.8. The molecule has 1 aromatic heterocycles. The number of aryl methyl sites for hydroxylation is 1. The van der Waals surface area contributed by atoms with E-state index in [2.05, 4.69) is 16.0 Å². The molecule has 43 heavy (non-hydrogen) atoms. The molecule has 228 valence electrons. The summed E-state index contributed by atoms with van der Waals surface area (Å²) in [7, 11) is 0. The first-order chi connectivity index (χ1) is 20.8. The average Bonchev–Trinajstić information content (AvgIpc) is 3.01. The van der Waals surface area contributed by atoms with Gasteiger partial charge in [-0.15, -0.1) is 0 Å². The number of nitrogens with zero attached hydrogens (tertiary/aromatic N) is 1. The van der Waals surface area contributed by atoms with Crippen LogP contribution in [0.2, 0.25) is 0 Å². The summed E-state index contributed by atoms with van der Waals surface area (Å²) in [5.41, 5.74) is 15.3. The number of rotatable bonds is 14. The highest BCUT2D eigenvalue weighted by Gasteiger charge is 2.29. The molecule has 8 N–H and O–H groups in total. The monoisotopic (exact) mass is 588 g/mol. The number of carboxylic acids is 1. The summed E-state index contributed by atoms with van der Waals surface area (Å²) in [6, 6.07) is 13.1. The number of carboxylic acid groups (broad SMARTS) is 1. The van der Waals surface area contributed by atoms with Crippen molar-refractivity contribution in [3.63, 3.8) is 0 Å². The third-order valence-electron chi connectivity index (χ3n) is 7.70. The van der Waals surface area contributed by atoms with Gasteiger partial charge in [0, 0.05) is 24.0 Å². The van der Waals surface area contributed by atoms with Crippen molar-refractivity contribution in [2.75, 3.05) is 13.1 Å². The van der Waals surface area contributed by atoms with Gasteiger partial charge in [-0.05, 0) is 62.3 Å². The van der Waals surface area contributed by atoms with E-state index in [1.807, 2.05) is 54.6 Å². The van der Waals surface area contributed by atoms with Crippen LogP contribution in [0, 0.1) is 0 Å². The minimum atomic E-state index is -1.44. The Labute approximate surface area is 250 Å². The predicted molar refractivity (Wildman–Crippen MR) is 163 cm³/mol. The van der Waals surface area contributed by atoms with E-state index in [0.29, 0.717) is 42.3 Å². The zero-order valence-electron chi connectivity index (χ0n) is 24.2. The van der Waals surface area contributed by atoms with Crippen LogP contribution in [0.5, 0.6) is 0 Å². The summed E-state index contributed by atoms with van der Waals surface area (Å²) in [6.07, 6.45) is 5.33. The van der Waals surface area contributed by atoms with Gasteiger partial charge < -0.3 is 32.5 Å². The van der Waals surface area contributed by atoms with Gasteiger partial charge in [0.05, 0.1) is 17.1 Å². The van der Waals surface area contributed by atoms with Crippen LogP contribution < -0.4 is 27.4 Å². The van der Waals surface area contributed by atoms with Gasteiger partial charge in [0.25, 0.3) is 5.91 Å². The fraction of sp³-hybridized carbons (Fsp3) is 0.406. The Bertz CT molecular complexity index is 1450. The van der Waals surface area contributed by atoms with Gasteiger partial charge >= 0.3 is 5.97 Å².